The average Bonchev–Trinajstić information content (AvgIpc) is 2.79. The predicted molar refractivity (Wildman–Crippen MR) is 118 cm³/mol. The number of anilines is 2. The lowest BCUT2D eigenvalue weighted by atomic mass is 9.97. The molecule has 1 aromatic heterocycles. The lowest BCUT2D eigenvalue weighted by Crippen LogP contribution is -2.43. The standard InChI is InChI=1S/C23H24N4O4/c1-2-31-23(30)15-9-11-17(12-10-15)24-21(28)16-6-5-13-27(14-16)20-22(29)26-19-8-4-3-7-18(19)25-20/h3-4,7-12,16H,2,5-6,13-14H2,1H3,(H,24,28)(H,26,29)/t16-/m0/s1. The molecule has 8 nitrogen and oxygen atoms in total. The second-order valence-corrected chi connectivity index (χ2v) is 7.48. The molecule has 8 heteroatoms. The summed E-state index contributed by atoms with van der Waals surface area (Å²) in [6.07, 6.45) is 1.52. The topological polar surface area (TPSA) is 104 Å². The summed E-state index contributed by atoms with van der Waals surface area (Å²) in [5.74, 6) is -0.441. The summed E-state index contributed by atoms with van der Waals surface area (Å²) in [5, 5.41) is 2.90. The van der Waals surface area contributed by atoms with Gasteiger partial charge in [-0.3, -0.25) is 9.59 Å². The van der Waals surface area contributed by atoms with Gasteiger partial charge in [-0.15, -0.1) is 0 Å². The third kappa shape index (κ3) is 4.58. The summed E-state index contributed by atoms with van der Waals surface area (Å²) in [6, 6.07) is 14.0. The van der Waals surface area contributed by atoms with Gasteiger partial charge in [0.1, 0.15) is 0 Å². The van der Waals surface area contributed by atoms with E-state index in [-0.39, 0.29) is 17.4 Å². The number of aromatic nitrogens is 2. The lowest BCUT2D eigenvalue weighted by molar-refractivity contribution is -0.120. The summed E-state index contributed by atoms with van der Waals surface area (Å²) in [7, 11) is 0. The Hall–Kier alpha value is -3.68. The number of esters is 1. The van der Waals surface area contributed by atoms with Gasteiger partial charge in [0.15, 0.2) is 5.82 Å². The first-order chi connectivity index (χ1) is 15.0. The predicted octanol–water partition coefficient (Wildman–Crippen LogP) is 2.95. The Kier molecular flexibility index (Phi) is 5.97. The van der Waals surface area contributed by atoms with Crippen LogP contribution < -0.4 is 15.8 Å². The molecule has 1 aliphatic rings. The van der Waals surface area contributed by atoms with E-state index in [0.717, 1.165) is 12.8 Å². The molecular formula is C23H24N4O4. The molecule has 31 heavy (non-hydrogen) atoms. The van der Waals surface area contributed by atoms with Crippen molar-refractivity contribution < 1.29 is 14.3 Å². The number of amides is 1. The van der Waals surface area contributed by atoms with Crippen molar-refractivity contribution in [3.05, 3.63) is 64.4 Å². The van der Waals surface area contributed by atoms with E-state index in [1.165, 1.54) is 0 Å². The van der Waals surface area contributed by atoms with Gasteiger partial charge in [-0.1, -0.05) is 12.1 Å². The molecule has 4 rings (SSSR count). The third-order valence-electron chi connectivity index (χ3n) is 5.34. The van der Waals surface area contributed by atoms with E-state index in [0.29, 0.717) is 47.8 Å². The Bertz CT molecular complexity index is 1160. The largest absolute Gasteiger partial charge is 0.462 e. The zero-order valence-corrected chi connectivity index (χ0v) is 17.3. The smallest absolute Gasteiger partial charge is 0.338 e. The minimum absolute atomic E-state index is 0.120. The number of nitrogens with zero attached hydrogens (tertiary/aromatic N) is 2. The fourth-order valence-electron chi connectivity index (χ4n) is 3.77. The van der Waals surface area contributed by atoms with E-state index in [1.54, 1.807) is 31.2 Å². The molecule has 2 heterocycles. The Labute approximate surface area is 179 Å². The van der Waals surface area contributed by atoms with Gasteiger partial charge in [0.2, 0.25) is 5.91 Å². The molecule has 1 fully saturated rings. The molecule has 2 N–H and O–H groups in total. The Morgan fingerprint density at radius 3 is 2.74 bits per heavy atom. The normalized spacial score (nSPS) is 16.2. The fraction of sp³-hybridized carbons (Fsp3) is 0.304. The molecule has 0 spiro atoms. The van der Waals surface area contributed by atoms with Crippen LogP contribution in [0.25, 0.3) is 11.0 Å². The SMILES string of the molecule is CCOC(=O)c1ccc(NC(=O)[C@H]2CCCN(c3nc4ccccc4[nH]c3=O)C2)cc1. The Morgan fingerprint density at radius 1 is 1.19 bits per heavy atom. The molecule has 1 aliphatic heterocycles. The number of ether oxygens (including phenoxy) is 1. The van der Waals surface area contributed by atoms with Gasteiger partial charge in [-0.25, -0.2) is 9.78 Å². The number of carbonyl (C=O) groups excluding carboxylic acids is 2. The van der Waals surface area contributed by atoms with Crippen molar-refractivity contribution >= 4 is 34.4 Å². The number of H-pyrrole nitrogens is 1. The number of nitrogens with one attached hydrogen (secondary N) is 2. The van der Waals surface area contributed by atoms with Gasteiger partial charge in [0.25, 0.3) is 5.56 Å². The molecular weight excluding hydrogens is 396 g/mol. The van der Waals surface area contributed by atoms with E-state index < -0.39 is 5.97 Å². The molecule has 1 atom stereocenters. The zero-order chi connectivity index (χ0) is 21.8. The van der Waals surface area contributed by atoms with E-state index >= 15 is 0 Å². The molecule has 0 bridgehead atoms. The van der Waals surface area contributed by atoms with Crippen LogP contribution in [-0.2, 0) is 9.53 Å². The van der Waals surface area contributed by atoms with Crippen LogP contribution >= 0.6 is 0 Å². The van der Waals surface area contributed by atoms with E-state index in [1.807, 2.05) is 29.2 Å². The summed E-state index contributed by atoms with van der Waals surface area (Å²) in [5.41, 5.74) is 2.19. The molecule has 1 saturated heterocycles. The molecule has 2 aromatic carbocycles. The zero-order valence-electron chi connectivity index (χ0n) is 17.3. The summed E-state index contributed by atoms with van der Waals surface area (Å²) in [6.45, 7) is 3.15. The van der Waals surface area contributed by atoms with Crippen molar-refractivity contribution in [2.24, 2.45) is 5.92 Å². The maximum absolute atomic E-state index is 12.8. The number of piperidine rings is 1. The first-order valence-electron chi connectivity index (χ1n) is 10.4. The maximum atomic E-state index is 12.8. The Balaban J connectivity index is 1.45. The summed E-state index contributed by atoms with van der Waals surface area (Å²) in [4.78, 5) is 46.4. The van der Waals surface area contributed by atoms with Crippen LogP contribution in [0.15, 0.2) is 53.3 Å². The highest BCUT2D eigenvalue weighted by molar-refractivity contribution is 5.94. The molecule has 0 unspecified atom stereocenters. The van der Waals surface area contributed by atoms with Gasteiger partial charge in [0.05, 0.1) is 29.1 Å². The third-order valence-corrected chi connectivity index (χ3v) is 5.34. The number of rotatable bonds is 5. The quantitative estimate of drug-likeness (QED) is 0.615. The van der Waals surface area contributed by atoms with Crippen molar-refractivity contribution in [2.45, 2.75) is 19.8 Å². The number of fused-ring (bicyclic) bond motifs is 1. The number of aromatic amines is 1. The molecule has 0 aliphatic carbocycles. The molecule has 1 amide bonds. The fourth-order valence-corrected chi connectivity index (χ4v) is 3.77. The van der Waals surface area contributed by atoms with Gasteiger partial charge in [-0.05, 0) is 56.2 Å². The van der Waals surface area contributed by atoms with Crippen molar-refractivity contribution in [3.8, 4) is 0 Å². The highest BCUT2D eigenvalue weighted by Crippen LogP contribution is 2.22. The second-order valence-electron chi connectivity index (χ2n) is 7.48. The number of benzene rings is 2. The minimum Gasteiger partial charge on any atom is -0.462 e. The van der Waals surface area contributed by atoms with Crippen molar-refractivity contribution in [1.29, 1.82) is 0 Å². The van der Waals surface area contributed by atoms with Crippen molar-refractivity contribution in [1.82, 2.24) is 9.97 Å². The number of hydrogen-bond acceptors (Lipinski definition) is 6. The Morgan fingerprint density at radius 2 is 1.97 bits per heavy atom. The highest BCUT2D eigenvalue weighted by atomic mass is 16.5. The van der Waals surface area contributed by atoms with E-state index in [9.17, 15) is 14.4 Å². The first-order valence-corrected chi connectivity index (χ1v) is 10.4. The van der Waals surface area contributed by atoms with Crippen LogP contribution in [0.1, 0.15) is 30.1 Å². The van der Waals surface area contributed by atoms with Crippen LogP contribution in [0.2, 0.25) is 0 Å². The average molecular weight is 420 g/mol. The van der Waals surface area contributed by atoms with Gasteiger partial charge < -0.3 is 19.9 Å². The summed E-state index contributed by atoms with van der Waals surface area (Å²) >= 11 is 0. The van der Waals surface area contributed by atoms with Crippen LogP contribution in [0, 0.1) is 5.92 Å². The number of para-hydroxylation sites is 2. The minimum atomic E-state index is -0.392. The van der Waals surface area contributed by atoms with Crippen molar-refractivity contribution in [3.63, 3.8) is 0 Å². The molecule has 3 aromatic rings. The van der Waals surface area contributed by atoms with E-state index in [2.05, 4.69) is 15.3 Å². The second kappa shape index (κ2) is 8.99. The van der Waals surface area contributed by atoms with Gasteiger partial charge in [-0.2, -0.15) is 0 Å². The lowest BCUT2D eigenvalue weighted by Gasteiger charge is -2.32. The van der Waals surface area contributed by atoms with Gasteiger partial charge in [0, 0.05) is 18.8 Å². The number of hydrogen-bond donors (Lipinski definition) is 2. The molecule has 0 saturated carbocycles. The summed E-state index contributed by atoms with van der Waals surface area (Å²) < 4.78 is 4.97. The number of carbonyl (C=O) groups is 2. The molecule has 0 radical (unpaired) electrons. The first kappa shape index (κ1) is 20.6. The van der Waals surface area contributed by atoms with Crippen LogP contribution in [-0.4, -0.2) is 41.5 Å². The van der Waals surface area contributed by atoms with Crippen LogP contribution in [0.3, 0.4) is 0 Å². The van der Waals surface area contributed by atoms with E-state index in [4.69, 9.17) is 4.74 Å². The highest BCUT2D eigenvalue weighted by Gasteiger charge is 2.28. The molecule has 160 valence electrons. The van der Waals surface area contributed by atoms with Crippen LogP contribution in [0.4, 0.5) is 11.5 Å². The monoisotopic (exact) mass is 420 g/mol. The van der Waals surface area contributed by atoms with Crippen molar-refractivity contribution in [2.75, 3.05) is 29.9 Å². The maximum Gasteiger partial charge on any atom is 0.338 e. The van der Waals surface area contributed by atoms with Crippen LogP contribution in [0.5, 0.6) is 0 Å². The van der Waals surface area contributed by atoms with Gasteiger partial charge >= 0.3 is 5.97 Å².